The number of halogens is 1. The van der Waals surface area contributed by atoms with Gasteiger partial charge < -0.3 is 10.3 Å². The Hall–Kier alpha value is -2.25. The molecule has 0 aliphatic rings. The summed E-state index contributed by atoms with van der Waals surface area (Å²) in [6.45, 7) is 9.77. The third kappa shape index (κ3) is 9.10. The van der Waals surface area contributed by atoms with Crippen LogP contribution in [0.4, 0.5) is 0 Å². The van der Waals surface area contributed by atoms with Crippen molar-refractivity contribution >= 4 is 50.1 Å². The molecule has 28 heavy (non-hydrogen) atoms. The van der Waals surface area contributed by atoms with E-state index < -0.39 is 0 Å². The zero-order chi connectivity index (χ0) is 21.4. The van der Waals surface area contributed by atoms with E-state index in [0.29, 0.717) is 14.7 Å². The molecule has 0 amide bonds. The van der Waals surface area contributed by atoms with Crippen molar-refractivity contribution in [3.05, 3.63) is 68.4 Å². The summed E-state index contributed by atoms with van der Waals surface area (Å²) >= 11 is 4.40. The average molecular weight is 466 g/mol. The number of pyridine rings is 1. The Morgan fingerprint density at radius 2 is 2.14 bits per heavy atom. The number of aromatic amines is 1. The van der Waals surface area contributed by atoms with Crippen LogP contribution in [0.15, 0.2) is 63.1 Å². The van der Waals surface area contributed by atoms with Crippen LogP contribution in [-0.4, -0.2) is 24.7 Å². The molecule has 152 valence electrons. The van der Waals surface area contributed by atoms with E-state index >= 15 is 0 Å². The Morgan fingerprint density at radius 1 is 1.43 bits per heavy atom. The van der Waals surface area contributed by atoms with Crippen LogP contribution in [0.2, 0.25) is 0 Å². The van der Waals surface area contributed by atoms with Gasteiger partial charge in [0.25, 0.3) is 0 Å². The number of hydrogen-bond donors (Lipinski definition) is 2. The number of nitrogens with one attached hydrogen (secondary N) is 2. The van der Waals surface area contributed by atoms with E-state index in [-0.39, 0.29) is 5.43 Å². The number of carbonyl (C=O) groups excluding carboxylic acids is 1. The summed E-state index contributed by atoms with van der Waals surface area (Å²) in [7, 11) is 1.74. The van der Waals surface area contributed by atoms with Gasteiger partial charge in [0.15, 0.2) is 6.29 Å². The van der Waals surface area contributed by atoms with E-state index in [4.69, 9.17) is 0 Å². The first-order chi connectivity index (χ1) is 13.6. The predicted octanol–water partition coefficient (Wildman–Crippen LogP) is 5.85. The minimum absolute atomic E-state index is 0.0851. The normalized spacial score (nSPS) is 11.0. The van der Waals surface area contributed by atoms with Crippen LogP contribution in [0.1, 0.15) is 43.3 Å². The number of nitrogens with zero attached hydrogens (tertiary/aromatic N) is 1. The van der Waals surface area contributed by atoms with Gasteiger partial charge in [0.05, 0.1) is 21.1 Å². The lowest BCUT2D eigenvalue weighted by Gasteiger charge is -1.99. The van der Waals surface area contributed by atoms with E-state index in [0.717, 1.165) is 29.7 Å². The Labute approximate surface area is 179 Å². The third-order valence-electron chi connectivity index (χ3n) is 3.06. The third-order valence-corrected chi connectivity index (χ3v) is 4.64. The standard InChI is InChI=1S/C11H18N2.C8H4BrNO2S.C2H6/c1-4-6-8-11(9-7-5-2)13-10-12-3;9-6-2-10-8-5(7(6)12)1-4(3-11)13-8;1-2/h4,7-10H,1,5-6H2,2-3H3,(H,12,13);1-3H,(H,10,12);1-2H3/b9-7-,11-8?;;. The molecule has 0 radical (unpaired) electrons. The first kappa shape index (κ1) is 25.8. The highest BCUT2D eigenvalue weighted by molar-refractivity contribution is 9.10. The molecular formula is C21H28BrN3O2S. The lowest BCUT2D eigenvalue weighted by atomic mass is 10.3. The zero-order valence-corrected chi connectivity index (χ0v) is 19.2. The van der Waals surface area contributed by atoms with Gasteiger partial charge in [0.1, 0.15) is 4.83 Å². The molecule has 7 heteroatoms. The van der Waals surface area contributed by atoms with Gasteiger partial charge in [0.2, 0.25) is 5.43 Å². The molecule has 5 nitrogen and oxygen atoms in total. The number of aromatic nitrogens is 1. The molecule has 2 heterocycles. The van der Waals surface area contributed by atoms with Gasteiger partial charge in [-0.1, -0.05) is 39.0 Å². The molecule has 2 rings (SSSR count). The number of H-pyrrole nitrogens is 1. The Kier molecular flexibility index (Phi) is 14.5. The Balaban J connectivity index is 0.000000478. The van der Waals surface area contributed by atoms with E-state index in [2.05, 4.69) is 56.9 Å². The summed E-state index contributed by atoms with van der Waals surface area (Å²) in [5.74, 6) is 0. The fourth-order valence-corrected chi connectivity index (χ4v) is 3.00. The molecular weight excluding hydrogens is 438 g/mol. The monoisotopic (exact) mass is 465 g/mol. The molecule has 2 aromatic heterocycles. The van der Waals surface area contributed by atoms with E-state index in [1.165, 1.54) is 11.3 Å². The number of allylic oxidation sites excluding steroid dienone is 4. The Bertz CT molecular complexity index is 879. The van der Waals surface area contributed by atoms with Crippen molar-refractivity contribution < 1.29 is 4.79 Å². The van der Waals surface area contributed by atoms with Crippen LogP contribution in [0.5, 0.6) is 0 Å². The molecule has 0 aromatic carbocycles. The van der Waals surface area contributed by atoms with Gasteiger partial charge in [-0.25, -0.2) is 0 Å². The van der Waals surface area contributed by atoms with Crippen LogP contribution in [0.25, 0.3) is 10.2 Å². The van der Waals surface area contributed by atoms with Crippen LogP contribution in [-0.2, 0) is 0 Å². The molecule has 0 aliphatic heterocycles. The second kappa shape index (κ2) is 15.8. The molecule has 0 spiro atoms. The summed E-state index contributed by atoms with van der Waals surface area (Å²) in [5.41, 5.74) is 0.977. The highest BCUT2D eigenvalue weighted by Crippen LogP contribution is 2.20. The zero-order valence-electron chi connectivity index (χ0n) is 16.8. The van der Waals surface area contributed by atoms with E-state index in [9.17, 15) is 9.59 Å². The fourth-order valence-electron chi connectivity index (χ4n) is 1.84. The number of aldehydes is 1. The van der Waals surface area contributed by atoms with E-state index in [1.54, 1.807) is 25.6 Å². The number of aliphatic imine (C=N–C) groups is 1. The quantitative estimate of drug-likeness (QED) is 0.177. The average Bonchev–Trinajstić information content (AvgIpc) is 3.16. The SMILES string of the molecule is C=CCC=C(/C=C\CC)NC=NC.CC.O=Cc1cc2c(=O)c(Br)c[nH]c2s1. The van der Waals surface area contributed by atoms with Gasteiger partial charge in [-0.15, -0.1) is 17.9 Å². The fraction of sp³-hybridized carbons (Fsp3) is 0.286. The predicted molar refractivity (Wildman–Crippen MR) is 127 cm³/mol. The highest BCUT2D eigenvalue weighted by Gasteiger charge is 2.06. The van der Waals surface area contributed by atoms with Crippen molar-refractivity contribution in [3.63, 3.8) is 0 Å². The molecule has 0 aliphatic carbocycles. The molecule has 0 unspecified atom stereocenters. The smallest absolute Gasteiger partial charge is 0.204 e. The molecule has 0 saturated carbocycles. The van der Waals surface area contributed by atoms with Crippen molar-refractivity contribution in [3.8, 4) is 0 Å². The van der Waals surface area contributed by atoms with Crippen molar-refractivity contribution in [2.75, 3.05) is 7.05 Å². The van der Waals surface area contributed by atoms with Gasteiger partial charge in [-0.2, -0.15) is 0 Å². The maximum atomic E-state index is 11.5. The second-order valence-corrected chi connectivity index (χ2v) is 6.94. The van der Waals surface area contributed by atoms with Crippen LogP contribution in [0, 0.1) is 0 Å². The summed E-state index contributed by atoms with van der Waals surface area (Å²) in [6.07, 6.45) is 14.0. The lowest BCUT2D eigenvalue weighted by molar-refractivity contribution is 0.112. The Morgan fingerprint density at radius 3 is 2.71 bits per heavy atom. The largest absolute Gasteiger partial charge is 0.352 e. The maximum absolute atomic E-state index is 11.5. The minimum Gasteiger partial charge on any atom is -0.352 e. The van der Waals surface area contributed by atoms with Crippen LogP contribution >= 0.6 is 27.3 Å². The van der Waals surface area contributed by atoms with Crippen molar-refractivity contribution in [1.82, 2.24) is 10.3 Å². The van der Waals surface area contributed by atoms with Gasteiger partial charge in [-0.05, 0) is 40.9 Å². The van der Waals surface area contributed by atoms with Gasteiger partial charge in [0, 0.05) is 18.9 Å². The van der Waals surface area contributed by atoms with Gasteiger partial charge in [-0.3, -0.25) is 14.6 Å². The number of rotatable bonds is 7. The van der Waals surface area contributed by atoms with Crippen molar-refractivity contribution in [1.29, 1.82) is 0 Å². The molecule has 2 aromatic rings. The molecule has 0 bridgehead atoms. The summed E-state index contributed by atoms with van der Waals surface area (Å²) in [6, 6.07) is 1.59. The minimum atomic E-state index is -0.0851. The first-order valence-corrected chi connectivity index (χ1v) is 10.6. The number of fused-ring (bicyclic) bond motifs is 1. The van der Waals surface area contributed by atoms with Crippen LogP contribution < -0.4 is 10.7 Å². The van der Waals surface area contributed by atoms with Crippen LogP contribution in [0.3, 0.4) is 0 Å². The highest BCUT2D eigenvalue weighted by atomic mass is 79.9. The summed E-state index contributed by atoms with van der Waals surface area (Å²) < 4.78 is 0.482. The van der Waals surface area contributed by atoms with Gasteiger partial charge >= 0.3 is 0 Å². The summed E-state index contributed by atoms with van der Waals surface area (Å²) in [5, 5.41) is 3.63. The molecule has 0 fully saturated rings. The topological polar surface area (TPSA) is 74.3 Å². The lowest BCUT2D eigenvalue weighted by Crippen LogP contribution is -2.08. The van der Waals surface area contributed by atoms with E-state index in [1.807, 2.05) is 26.0 Å². The first-order valence-electron chi connectivity index (χ1n) is 8.98. The maximum Gasteiger partial charge on any atom is 0.204 e. The molecule has 0 atom stereocenters. The number of thiophene rings is 1. The number of hydrogen-bond acceptors (Lipinski definition) is 4. The second-order valence-electron chi connectivity index (χ2n) is 5.00. The van der Waals surface area contributed by atoms with Crippen molar-refractivity contribution in [2.24, 2.45) is 4.99 Å². The molecule has 0 saturated heterocycles. The number of carbonyl (C=O) groups is 1. The molecule has 2 N–H and O–H groups in total. The summed E-state index contributed by atoms with van der Waals surface area (Å²) in [4.78, 5) is 30.0. The van der Waals surface area contributed by atoms with Crippen molar-refractivity contribution in [2.45, 2.75) is 33.6 Å².